The number of aliphatic hydroxyl groups excluding tert-OH is 1. The van der Waals surface area contributed by atoms with Crippen LogP contribution in [0.4, 0.5) is 10.1 Å². The second-order valence-corrected chi connectivity index (χ2v) is 7.87. The second-order valence-electron chi connectivity index (χ2n) is 7.02. The van der Waals surface area contributed by atoms with Crippen molar-refractivity contribution in [3.63, 3.8) is 0 Å². The molecule has 162 valence electrons. The van der Waals surface area contributed by atoms with Crippen molar-refractivity contribution in [1.82, 2.24) is 0 Å². The maximum Gasteiger partial charge on any atom is 0.300 e. The molecule has 1 atom stereocenters. The Bertz CT molecular complexity index is 1240. The molecule has 0 aliphatic carbocycles. The number of halogens is 3. The van der Waals surface area contributed by atoms with E-state index in [1.807, 2.05) is 0 Å². The minimum absolute atomic E-state index is 0.0723. The first-order valence-corrected chi connectivity index (χ1v) is 10.2. The molecule has 1 aliphatic rings. The molecule has 1 saturated heterocycles. The molecule has 0 spiro atoms. The molecule has 5 nitrogen and oxygen atoms in total. The van der Waals surface area contributed by atoms with E-state index in [-0.39, 0.29) is 26.9 Å². The first-order valence-electron chi connectivity index (χ1n) is 9.48. The molecule has 3 aromatic rings. The summed E-state index contributed by atoms with van der Waals surface area (Å²) in [5.41, 5.74) is 0.785. The summed E-state index contributed by atoms with van der Waals surface area (Å²) in [5.74, 6) is -2.63. The van der Waals surface area contributed by atoms with E-state index in [0.29, 0.717) is 11.3 Å². The largest absolute Gasteiger partial charge is 0.507 e. The lowest BCUT2D eigenvalue weighted by atomic mass is 9.95. The van der Waals surface area contributed by atoms with Gasteiger partial charge in [0.05, 0.1) is 29.3 Å². The van der Waals surface area contributed by atoms with Gasteiger partial charge in [-0.2, -0.15) is 0 Å². The summed E-state index contributed by atoms with van der Waals surface area (Å²) < 4.78 is 18.8. The molecule has 8 heteroatoms. The summed E-state index contributed by atoms with van der Waals surface area (Å²) in [7, 11) is 1.36. The van der Waals surface area contributed by atoms with Gasteiger partial charge in [0.2, 0.25) is 0 Å². The number of aliphatic hydroxyl groups is 1. The predicted molar refractivity (Wildman–Crippen MR) is 121 cm³/mol. The molecule has 0 saturated carbocycles. The lowest BCUT2D eigenvalue weighted by Crippen LogP contribution is -2.29. The molecule has 32 heavy (non-hydrogen) atoms. The van der Waals surface area contributed by atoms with Gasteiger partial charge in [0, 0.05) is 10.7 Å². The number of ketones is 1. The first-order chi connectivity index (χ1) is 15.3. The van der Waals surface area contributed by atoms with Crippen molar-refractivity contribution in [1.29, 1.82) is 0 Å². The van der Waals surface area contributed by atoms with Gasteiger partial charge < -0.3 is 9.84 Å². The van der Waals surface area contributed by atoms with Gasteiger partial charge in [-0.05, 0) is 42.0 Å². The second kappa shape index (κ2) is 8.65. The number of methoxy groups -OCH3 is 1. The molecule has 1 unspecified atom stereocenters. The fourth-order valence-corrected chi connectivity index (χ4v) is 4.31. The van der Waals surface area contributed by atoms with Gasteiger partial charge in [-0.25, -0.2) is 4.39 Å². The topological polar surface area (TPSA) is 66.8 Å². The average Bonchev–Trinajstić information content (AvgIpc) is 3.04. The Morgan fingerprint density at radius 1 is 1.03 bits per heavy atom. The number of Topliss-reactive ketones (excluding diaryl/α,β-unsaturated/α-hetero) is 1. The van der Waals surface area contributed by atoms with Crippen LogP contribution in [0.1, 0.15) is 17.2 Å². The van der Waals surface area contributed by atoms with E-state index in [4.69, 9.17) is 27.9 Å². The molecule has 1 heterocycles. The minimum Gasteiger partial charge on any atom is -0.507 e. The molecule has 4 rings (SSSR count). The zero-order chi connectivity index (χ0) is 23.0. The molecule has 0 bridgehead atoms. The number of hydrogen-bond acceptors (Lipinski definition) is 4. The highest BCUT2D eigenvalue weighted by molar-refractivity contribution is 6.51. The van der Waals surface area contributed by atoms with Crippen LogP contribution in [0, 0.1) is 5.82 Å². The van der Waals surface area contributed by atoms with Gasteiger partial charge in [-0.15, -0.1) is 0 Å². The van der Waals surface area contributed by atoms with Crippen molar-refractivity contribution >= 4 is 46.3 Å². The molecular weight excluding hydrogens is 456 g/mol. The molecule has 1 fully saturated rings. The Morgan fingerprint density at radius 2 is 1.69 bits per heavy atom. The molecule has 1 N–H and O–H groups in total. The molecule has 3 aromatic carbocycles. The first kappa shape index (κ1) is 21.9. The third-order valence-electron chi connectivity index (χ3n) is 5.13. The SMILES string of the molecule is COc1c(Cl)cc(Cl)cc1/C(O)=C1\C(=O)C(=O)N(c2ccc(F)cc2)C1c1ccccc1. The van der Waals surface area contributed by atoms with Crippen LogP contribution in [-0.2, 0) is 9.59 Å². The van der Waals surface area contributed by atoms with Gasteiger partial charge in [0.25, 0.3) is 11.7 Å². The van der Waals surface area contributed by atoms with Crippen LogP contribution >= 0.6 is 23.2 Å². The number of benzene rings is 3. The van der Waals surface area contributed by atoms with Crippen LogP contribution in [-0.4, -0.2) is 23.9 Å². The van der Waals surface area contributed by atoms with Crippen molar-refractivity contribution in [3.05, 3.63) is 99.3 Å². The fourth-order valence-electron chi connectivity index (χ4n) is 3.74. The fraction of sp³-hybridized carbons (Fsp3) is 0.0833. The zero-order valence-corrected chi connectivity index (χ0v) is 18.2. The maximum absolute atomic E-state index is 13.5. The van der Waals surface area contributed by atoms with Crippen LogP contribution < -0.4 is 9.64 Å². The van der Waals surface area contributed by atoms with Gasteiger partial charge in [0.15, 0.2) is 0 Å². The summed E-state index contributed by atoms with van der Waals surface area (Å²) in [6, 6.07) is 15.8. The van der Waals surface area contributed by atoms with Crippen LogP contribution in [0.3, 0.4) is 0 Å². The normalized spacial score (nSPS) is 17.6. The Hall–Kier alpha value is -3.35. The summed E-state index contributed by atoms with van der Waals surface area (Å²) in [6.07, 6.45) is 0. The third-order valence-corrected chi connectivity index (χ3v) is 5.63. The lowest BCUT2D eigenvalue weighted by Gasteiger charge is -2.25. The summed E-state index contributed by atoms with van der Waals surface area (Å²) >= 11 is 12.3. The van der Waals surface area contributed by atoms with E-state index in [2.05, 4.69) is 0 Å². The number of hydrogen-bond donors (Lipinski definition) is 1. The molecule has 1 aliphatic heterocycles. The van der Waals surface area contributed by atoms with Crippen LogP contribution in [0.25, 0.3) is 5.76 Å². The molecule has 0 radical (unpaired) electrons. The van der Waals surface area contributed by atoms with E-state index in [1.54, 1.807) is 30.3 Å². The zero-order valence-electron chi connectivity index (χ0n) is 16.7. The lowest BCUT2D eigenvalue weighted by molar-refractivity contribution is -0.132. The van der Waals surface area contributed by atoms with Crippen molar-refractivity contribution in [3.8, 4) is 5.75 Å². The number of amides is 1. The Labute approximate surface area is 193 Å². The molecule has 1 amide bonds. The maximum atomic E-state index is 13.5. The molecule has 0 aromatic heterocycles. The van der Waals surface area contributed by atoms with Crippen molar-refractivity contribution in [2.24, 2.45) is 0 Å². The van der Waals surface area contributed by atoms with Crippen LogP contribution in [0.15, 0.2) is 72.3 Å². The highest BCUT2D eigenvalue weighted by Gasteiger charge is 2.47. The van der Waals surface area contributed by atoms with Crippen molar-refractivity contribution in [2.75, 3.05) is 12.0 Å². The Morgan fingerprint density at radius 3 is 2.31 bits per heavy atom. The number of ether oxygens (including phenoxy) is 1. The van der Waals surface area contributed by atoms with Gasteiger partial charge >= 0.3 is 0 Å². The van der Waals surface area contributed by atoms with Gasteiger partial charge in [-0.3, -0.25) is 14.5 Å². The van der Waals surface area contributed by atoms with Crippen LogP contribution in [0.5, 0.6) is 5.75 Å². The smallest absolute Gasteiger partial charge is 0.300 e. The predicted octanol–water partition coefficient (Wildman–Crippen LogP) is 5.77. The Kier molecular flexibility index (Phi) is 5.91. The monoisotopic (exact) mass is 471 g/mol. The van der Waals surface area contributed by atoms with E-state index in [1.165, 1.54) is 48.4 Å². The third kappa shape index (κ3) is 3.72. The quantitative estimate of drug-likeness (QED) is 0.298. The van der Waals surface area contributed by atoms with E-state index >= 15 is 0 Å². The average molecular weight is 472 g/mol. The van der Waals surface area contributed by atoms with Gasteiger partial charge in [-0.1, -0.05) is 53.5 Å². The van der Waals surface area contributed by atoms with Crippen molar-refractivity contribution < 1.29 is 23.8 Å². The van der Waals surface area contributed by atoms with Crippen LogP contribution in [0.2, 0.25) is 10.0 Å². The van der Waals surface area contributed by atoms with E-state index in [0.717, 1.165) is 0 Å². The summed E-state index contributed by atoms with van der Waals surface area (Å²) in [5, 5.41) is 11.6. The Balaban J connectivity index is 1.99. The van der Waals surface area contributed by atoms with E-state index in [9.17, 15) is 19.1 Å². The number of carbonyl (C=O) groups excluding carboxylic acids is 2. The number of carbonyl (C=O) groups is 2. The van der Waals surface area contributed by atoms with Gasteiger partial charge in [0.1, 0.15) is 17.3 Å². The van der Waals surface area contributed by atoms with Crippen molar-refractivity contribution in [2.45, 2.75) is 6.04 Å². The number of anilines is 1. The summed E-state index contributed by atoms with van der Waals surface area (Å²) in [4.78, 5) is 27.4. The highest BCUT2D eigenvalue weighted by Crippen LogP contribution is 2.44. The van der Waals surface area contributed by atoms with E-state index < -0.39 is 29.3 Å². The standard InChI is InChI=1S/C24H16Cl2FNO4/c1-32-23-17(11-14(25)12-18(23)26)21(29)19-20(13-5-3-2-4-6-13)28(24(31)22(19)30)16-9-7-15(27)8-10-16/h2-12,20,29H,1H3/b21-19+. The number of nitrogens with zero attached hydrogens (tertiary/aromatic N) is 1. The molecular formula is C24H16Cl2FNO4. The number of rotatable bonds is 4. The highest BCUT2D eigenvalue weighted by atomic mass is 35.5. The minimum atomic E-state index is -0.968. The summed E-state index contributed by atoms with van der Waals surface area (Å²) in [6.45, 7) is 0.